The van der Waals surface area contributed by atoms with Gasteiger partial charge in [0.15, 0.2) is 0 Å². The number of hydrogen-bond acceptors (Lipinski definition) is 2. The summed E-state index contributed by atoms with van der Waals surface area (Å²) < 4.78 is 0. The summed E-state index contributed by atoms with van der Waals surface area (Å²) in [5, 5.41) is 3.34. The van der Waals surface area contributed by atoms with Gasteiger partial charge in [-0.2, -0.15) is 0 Å². The maximum atomic E-state index is 11.3. The number of carbonyl (C=O) groups excluding carboxylic acids is 1. The van der Waals surface area contributed by atoms with Gasteiger partial charge in [0.1, 0.15) is 0 Å². The first-order chi connectivity index (χ1) is 6.68. The molecule has 0 spiro atoms. The van der Waals surface area contributed by atoms with Crippen LogP contribution in [0.25, 0.3) is 0 Å². The summed E-state index contributed by atoms with van der Waals surface area (Å²) in [4.78, 5) is 11.3. The van der Waals surface area contributed by atoms with E-state index in [0.29, 0.717) is 6.04 Å². The highest BCUT2D eigenvalue weighted by Gasteiger charge is 2.27. The summed E-state index contributed by atoms with van der Waals surface area (Å²) >= 11 is 0. The fourth-order valence-electron chi connectivity index (χ4n) is 2.01. The SMILES string of the molecule is C[C@@H]1C[C@@H](C(N)=O)c2ccccc2N1. The summed E-state index contributed by atoms with van der Waals surface area (Å²) in [5.74, 6) is -0.367. The number of fused-ring (bicyclic) bond motifs is 1. The largest absolute Gasteiger partial charge is 0.382 e. The second-order valence-corrected chi connectivity index (χ2v) is 3.82. The molecule has 1 aromatic carbocycles. The molecule has 1 heterocycles. The van der Waals surface area contributed by atoms with Crippen LogP contribution >= 0.6 is 0 Å². The minimum atomic E-state index is -0.231. The summed E-state index contributed by atoms with van der Waals surface area (Å²) in [6, 6.07) is 8.15. The molecule has 0 radical (unpaired) electrons. The van der Waals surface area contributed by atoms with Crippen LogP contribution in [0.1, 0.15) is 24.8 Å². The van der Waals surface area contributed by atoms with Crippen molar-refractivity contribution < 1.29 is 4.79 Å². The lowest BCUT2D eigenvalue weighted by Crippen LogP contribution is -2.32. The number of rotatable bonds is 1. The van der Waals surface area contributed by atoms with E-state index >= 15 is 0 Å². The fourth-order valence-corrected chi connectivity index (χ4v) is 2.01. The molecule has 74 valence electrons. The van der Waals surface area contributed by atoms with E-state index in [1.54, 1.807) is 0 Å². The van der Waals surface area contributed by atoms with Crippen LogP contribution in [-0.4, -0.2) is 11.9 Å². The van der Waals surface area contributed by atoms with Gasteiger partial charge in [-0.25, -0.2) is 0 Å². The Morgan fingerprint density at radius 2 is 2.21 bits per heavy atom. The predicted octanol–water partition coefficient (Wildman–Crippen LogP) is 1.46. The van der Waals surface area contributed by atoms with Crippen LogP contribution in [-0.2, 0) is 4.79 Å². The third-order valence-corrected chi connectivity index (χ3v) is 2.67. The Morgan fingerprint density at radius 3 is 2.93 bits per heavy atom. The van der Waals surface area contributed by atoms with E-state index in [-0.39, 0.29) is 11.8 Å². The number of carbonyl (C=O) groups is 1. The van der Waals surface area contributed by atoms with Crippen LogP contribution in [0.2, 0.25) is 0 Å². The molecule has 1 amide bonds. The highest BCUT2D eigenvalue weighted by Crippen LogP contribution is 2.33. The molecule has 1 aliphatic rings. The molecular formula is C11H14N2O. The van der Waals surface area contributed by atoms with Gasteiger partial charge in [0.25, 0.3) is 0 Å². The van der Waals surface area contributed by atoms with E-state index in [0.717, 1.165) is 17.7 Å². The average Bonchev–Trinajstić information content (AvgIpc) is 2.16. The van der Waals surface area contributed by atoms with E-state index in [2.05, 4.69) is 12.2 Å². The van der Waals surface area contributed by atoms with Gasteiger partial charge in [-0.15, -0.1) is 0 Å². The van der Waals surface area contributed by atoms with Gasteiger partial charge >= 0.3 is 0 Å². The first-order valence-corrected chi connectivity index (χ1v) is 4.83. The van der Waals surface area contributed by atoms with Gasteiger partial charge in [0.2, 0.25) is 5.91 Å². The van der Waals surface area contributed by atoms with Crippen LogP contribution in [0, 0.1) is 0 Å². The van der Waals surface area contributed by atoms with Crippen molar-refractivity contribution in [2.75, 3.05) is 5.32 Å². The molecule has 0 saturated heterocycles. The quantitative estimate of drug-likeness (QED) is 0.704. The highest BCUT2D eigenvalue weighted by atomic mass is 16.1. The van der Waals surface area contributed by atoms with Crippen molar-refractivity contribution in [3.05, 3.63) is 29.8 Å². The van der Waals surface area contributed by atoms with Crippen molar-refractivity contribution in [3.8, 4) is 0 Å². The molecule has 2 atom stereocenters. The van der Waals surface area contributed by atoms with E-state index in [4.69, 9.17) is 5.73 Å². The lowest BCUT2D eigenvalue weighted by molar-refractivity contribution is -0.119. The molecule has 3 N–H and O–H groups in total. The zero-order valence-electron chi connectivity index (χ0n) is 8.16. The Bertz CT molecular complexity index is 362. The number of nitrogens with two attached hydrogens (primary N) is 1. The summed E-state index contributed by atoms with van der Waals surface area (Å²) in [6.45, 7) is 2.06. The standard InChI is InChI=1S/C11H14N2O/c1-7-6-9(11(12)14)8-4-2-3-5-10(8)13-7/h2-5,7,9,13H,6H2,1H3,(H2,12,14)/t7-,9-/m1/s1. The Balaban J connectivity index is 2.43. The lowest BCUT2D eigenvalue weighted by Gasteiger charge is -2.29. The minimum absolute atomic E-state index is 0.137. The number of amides is 1. The van der Waals surface area contributed by atoms with Gasteiger partial charge in [-0.1, -0.05) is 18.2 Å². The second kappa shape index (κ2) is 3.33. The maximum Gasteiger partial charge on any atom is 0.225 e. The molecule has 1 aliphatic heterocycles. The smallest absolute Gasteiger partial charge is 0.225 e. The molecule has 0 saturated carbocycles. The van der Waals surface area contributed by atoms with E-state index in [1.165, 1.54) is 0 Å². The van der Waals surface area contributed by atoms with Crippen LogP contribution < -0.4 is 11.1 Å². The van der Waals surface area contributed by atoms with E-state index < -0.39 is 0 Å². The van der Waals surface area contributed by atoms with Crippen LogP contribution in [0.5, 0.6) is 0 Å². The number of nitrogens with one attached hydrogen (secondary N) is 1. The number of primary amides is 1. The van der Waals surface area contributed by atoms with Crippen molar-refractivity contribution in [3.63, 3.8) is 0 Å². The Labute approximate surface area is 83.3 Å². The molecule has 0 fully saturated rings. The third-order valence-electron chi connectivity index (χ3n) is 2.67. The van der Waals surface area contributed by atoms with Crippen molar-refractivity contribution in [1.29, 1.82) is 0 Å². The topological polar surface area (TPSA) is 55.1 Å². The van der Waals surface area contributed by atoms with Crippen molar-refractivity contribution in [2.45, 2.75) is 25.3 Å². The van der Waals surface area contributed by atoms with Gasteiger partial charge < -0.3 is 11.1 Å². The second-order valence-electron chi connectivity index (χ2n) is 3.82. The van der Waals surface area contributed by atoms with Crippen molar-refractivity contribution in [2.24, 2.45) is 5.73 Å². The van der Waals surface area contributed by atoms with Crippen molar-refractivity contribution >= 4 is 11.6 Å². The summed E-state index contributed by atoms with van der Waals surface area (Å²) in [5.41, 5.74) is 7.44. The van der Waals surface area contributed by atoms with E-state index in [9.17, 15) is 4.79 Å². The summed E-state index contributed by atoms with van der Waals surface area (Å²) in [7, 11) is 0. The van der Waals surface area contributed by atoms with Gasteiger partial charge in [-0.05, 0) is 25.0 Å². The molecule has 0 aromatic heterocycles. The molecular weight excluding hydrogens is 176 g/mol. The first-order valence-electron chi connectivity index (χ1n) is 4.83. The lowest BCUT2D eigenvalue weighted by atomic mass is 9.87. The molecule has 3 nitrogen and oxygen atoms in total. The van der Waals surface area contributed by atoms with E-state index in [1.807, 2.05) is 24.3 Å². The molecule has 0 bridgehead atoms. The molecule has 3 heteroatoms. The highest BCUT2D eigenvalue weighted by molar-refractivity contribution is 5.85. The fraction of sp³-hybridized carbons (Fsp3) is 0.364. The Hall–Kier alpha value is -1.51. The van der Waals surface area contributed by atoms with Gasteiger partial charge in [-0.3, -0.25) is 4.79 Å². The molecule has 14 heavy (non-hydrogen) atoms. The molecule has 0 unspecified atom stereocenters. The Morgan fingerprint density at radius 1 is 1.50 bits per heavy atom. The average molecular weight is 190 g/mol. The molecule has 1 aromatic rings. The maximum absolute atomic E-state index is 11.3. The Kier molecular flexibility index (Phi) is 2.15. The zero-order valence-corrected chi connectivity index (χ0v) is 8.16. The first kappa shape index (κ1) is 9.06. The zero-order chi connectivity index (χ0) is 10.1. The van der Waals surface area contributed by atoms with Crippen molar-refractivity contribution in [1.82, 2.24) is 0 Å². The minimum Gasteiger partial charge on any atom is -0.382 e. The third kappa shape index (κ3) is 1.45. The summed E-state index contributed by atoms with van der Waals surface area (Å²) in [6.07, 6.45) is 0.784. The number of anilines is 1. The normalized spacial score (nSPS) is 24.9. The molecule has 0 aliphatic carbocycles. The van der Waals surface area contributed by atoms with Crippen LogP contribution in [0.15, 0.2) is 24.3 Å². The predicted molar refractivity (Wildman–Crippen MR) is 56.1 cm³/mol. The monoisotopic (exact) mass is 190 g/mol. The molecule has 2 rings (SSSR count). The van der Waals surface area contributed by atoms with Crippen LogP contribution in [0.4, 0.5) is 5.69 Å². The number of benzene rings is 1. The number of hydrogen-bond donors (Lipinski definition) is 2. The van der Waals surface area contributed by atoms with Gasteiger partial charge in [0.05, 0.1) is 5.92 Å². The van der Waals surface area contributed by atoms with Crippen LogP contribution in [0.3, 0.4) is 0 Å². The number of para-hydroxylation sites is 1. The van der Waals surface area contributed by atoms with Gasteiger partial charge in [0, 0.05) is 11.7 Å².